The molecule has 2 aromatic rings. The van der Waals surface area contributed by atoms with E-state index in [9.17, 15) is 18.3 Å². The Labute approximate surface area is 253 Å². The number of allylic oxidation sites excluding steroid dienone is 1. The van der Waals surface area contributed by atoms with E-state index in [-0.39, 0.29) is 17.3 Å². The first-order valence-electron chi connectivity index (χ1n) is 15.4. The van der Waals surface area contributed by atoms with Gasteiger partial charge in [-0.3, -0.25) is 4.79 Å². The van der Waals surface area contributed by atoms with Gasteiger partial charge in [0.2, 0.25) is 10.0 Å². The van der Waals surface area contributed by atoms with Gasteiger partial charge in [0.25, 0.3) is 5.91 Å². The monoisotopic (exact) mass is 610 g/mol. The predicted octanol–water partition coefficient (Wildman–Crippen LogP) is 5.39. The highest BCUT2D eigenvalue weighted by Crippen LogP contribution is 2.47. The zero-order valence-electron chi connectivity index (χ0n) is 23.8. The molecular weight excluding hydrogens is 572 g/mol. The van der Waals surface area contributed by atoms with Crippen LogP contribution >= 0.6 is 11.6 Å². The van der Waals surface area contributed by atoms with E-state index in [0.717, 1.165) is 62.2 Å². The molecule has 0 radical (unpaired) electrons. The summed E-state index contributed by atoms with van der Waals surface area (Å²) in [6, 6.07) is 11.5. The van der Waals surface area contributed by atoms with Crippen LogP contribution in [0.25, 0.3) is 0 Å². The fourth-order valence-electron chi connectivity index (χ4n) is 8.29. The molecule has 0 saturated heterocycles. The molecule has 1 spiro atoms. The van der Waals surface area contributed by atoms with Crippen LogP contribution in [-0.2, 0) is 21.9 Å². The van der Waals surface area contributed by atoms with Gasteiger partial charge in [-0.05, 0) is 111 Å². The number of aliphatic hydroxyl groups is 1. The molecule has 9 heteroatoms. The molecule has 1 unspecified atom stereocenters. The van der Waals surface area contributed by atoms with Crippen molar-refractivity contribution in [3.05, 3.63) is 70.3 Å². The molecule has 224 valence electrons. The van der Waals surface area contributed by atoms with Gasteiger partial charge in [-0.1, -0.05) is 36.2 Å². The predicted molar refractivity (Wildman–Crippen MR) is 164 cm³/mol. The summed E-state index contributed by atoms with van der Waals surface area (Å²) in [5, 5.41) is 11.3. The number of anilines is 1. The Balaban J connectivity index is 1.29. The highest BCUT2D eigenvalue weighted by Gasteiger charge is 2.44. The number of rotatable bonds is 0. The molecule has 1 amide bonds. The van der Waals surface area contributed by atoms with Crippen LogP contribution in [0.15, 0.2) is 48.6 Å². The average Bonchev–Trinajstić information content (AvgIpc) is 3.37. The van der Waals surface area contributed by atoms with Crippen molar-refractivity contribution >= 4 is 33.2 Å². The van der Waals surface area contributed by atoms with E-state index in [1.165, 1.54) is 11.1 Å². The molecule has 2 bridgehead atoms. The Bertz CT molecular complexity index is 1530. The third-order valence-electron chi connectivity index (χ3n) is 10.7. The van der Waals surface area contributed by atoms with Crippen LogP contribution in [0.5, 0.6) is 5.75 Å². The number of aliphatic hydroxyl groups excluding tert-OH is 1. The smallest absolute Gasteiger partial charge is 0.264 e. The van der Waals surface area contributed by atoms with E-state index in [0.29, 0.717) is 43.2 Å². The first-order chi connectivity index (χ1) is 20.2. The van der Waals surface area contributed by atoms with Gasteiger partial charge in [-0.25, -0.2) is 13.1 Å². The van der Waals surface area contributed by atoms with Crippen LogP contribution in [-0.4, -0.2) is 50.5 Å². The number of nitrogens with zero attached hydrogens (tertiary/aromatic N) is 1. The van der Waals surface area contributed by atoms with Crippen molar-refractivity contribution in [3.63, 3.8) is 0 Å². The molecule has 5 aliphatic rings. The summed E-state index contributed by atoms with van der Waals surface area (Å²) < 4.78 is 35.7. The second-order valence-electron chi connectivity index (χ2n) is 13.1. The minimum absolute atomic E-state index is 0.0655. The normalized spacial score (nSPS) is 34.6. The van der Waals surface area contributed by atoms with E-state index < -0.39 is 27.3 Å². The Kier molecular flexibility index (Phi) is 7.30. The molecule has 2 aromatic carbocycles. The lowest BCUT2D eigenvalue weighted by Crippen LogP contribution is -2.49. The minimum Gasteiger partial charge on any atom is -0.490 e. The van der Waals surface area contributed by atoms with Gasteiger partial charge in [0.15, 0.2) is 0 Å². The van der Waals surface area contributed by atoms with Crippen LogP contribution in [0.1, 0.15) is 72.9 Å². The fourth-order valence-corrected chi connectivity index (χ4v) is 10.2. The number of carbonyl (C=O) groups excluding carboxylic acids is 1. The van der Waals surface area contributed by atoms with Crippen molar-refractivity contribution in [2.24, 2.45) is 17.8 Å². The Morgan fingerprint density at radius 1 is 1.05 bits per heavy atom. The van der Waals surface area contributed by atoms with Gasteiger partial charge in [0.05, 0.1) is 23.6 Å². The summed E-state index contributed by atoms with van der Waals surface area (Å²) in [5.41, 5.74) is 3.39. The quantitative estimate of drug-likeness (QED) is 0.389. The lowest BCUT2D eigenvalue weighted by Gasteiger charge is -2.45. The van der Waals surface area contributed by atoms with Crippen LogP contribution < -0.4 is 14.4 Å². The summed E-state index contributed by atoms with van der Waals surface area (Å²) in [5.74, 6) is 0.472. The lowest BCUT2D eigenvalue weighted by atomic mass is 9.68. The van der Waals surface area contributed by atoms with Crippen molar-refractivity contribution in [1.29, 1.82) is 0 Å². The summed E-state index contributed by atoms with van der Waals surface area (Å²) in [6.45, 7) is 1.94. The van der Waals surface area contributed by atoms with Crippen molar-refractivity contribution in [3.8, 4) is 5.75 Å². The highest BCUT2D eigenvalue weighted by atomic mass is 35.5. The van der Waals surface area contributed by atoms with E-state index in [1.54, 1.807) is 12.1 Å². The molecule has 2 heterocycles. The third kappa shape index (κ3) is 5.03. The van der Waals surface area contributed by atoms with Gasteiger partial charge >= 0.3 is 0 Å². The molecular formula is C33H39ClN2O5S. The van der Waals surface area contributed by atoms with Crippen molar-refractivity contribution in [1.82, 2.24) is 4.72 Å². The first kappa shape index (κ1) is 28.2. The number of carbonyl (C=O) groups is 1. The number of benzene rings is 2. The maximum Gasteiger partial charge on any atom is 0.264 e. The highest BCUT2D eigenvalue weighted by molar-refractivity contribution is 7.90. The summed E-state index contributed by atoms with van der Waals surface area (Å²) in [4.78, 5) is 15.8. The third-order valence-corrected chi connectivity index (χ3v) is 12.8. The maximum atomic E-state index is 13.4. The molecule has 6 atom stereocenters. The van der Waals surface area contributed by atoms with Gasteiger partial charge in [0.1, 0.15) is 5.75 Å². The average molecular weight is 611 g/mol. The Morgan fingerprint density at radius 3 is 2.76 bits per heavy atom. The van der Waals surface area contributed by atoms with Gasteiger partial charge in [0, 0.05) is 29.1 Å². The molecule has 42 heavy (non-hydrogen) atoms. The van der Waals surface area contributed by atoms with Crippen molar-refractivity contribution in [2.45, 2.75) is 74.6 Å². The number of ether oxygens (including phenoxy) is 1. The van der Waals surface area contributed by atoms with Crippen LogP contribution in [0.2, 0.25) is 5.02 Å². The first-order valence-corrected chi connectivity index (χ1v) is 17.4. The molecule has 2 N–H and O–H groups in total. The topological polar surface area (TPSA) is 95.9 Å². The Morgan fingerprint density at radius 2 is 1.93 bits per heavy atom. The Hall–Kier alpha value is -2.55. The van der Waals surface area contributed by atoms with Crippen LogP contribution in [0.4, 0.5) is 5.69 Å². The second-order valence-corrected chi connectivity index (χ2v) is 15.5. The molecule has 2 saturated carbocycles. The number of nitrogens with one attached hydrogen (secondary N) is 1. The molecule has 7 nitrogen and oxygen atoms in total. The number of amides is 1. The zero-order valence-corrected chi connectivity index (χ0v) is 25.4. The van der Waals surface area contributed by atoms with E-state index in [2.05, 4.69) is 21.8 Å². The number of halogens is 1. The van der Waals surface area contributed by atoms with Crippen molar-refractivity contribution < 1.29 is 23.1 Å². The number of fused-ring (bicyclic) bond motifs is 5. The molecule has 2 aliphatic heterocycles. The van der Waals surface area contributed by atoms with Gasteiger partial charge in [-0.2, -0.15) is 0 Å². The van der Waals surface area contributed by atoms with Crippen LogP contribution in [0, 0.1) is 17.8 Å². The summed E-state index contributed by atoms with van der Waals surface area (Å²) >= 11 is 6.39. The van der Waals surface area contributed by atoms with Crippen molar-refractivity contribution in [2.75, 3.05) is 24.6 Å². The van der Waals surface area contributed by atoms with Gasteiger partial charge < -0.3 is 14.7 Å². The minimum atomic E-state index is -3.86. The fraction of sp³-hybridized carbons (Fsp3) is 0.545. The van der Waals surface area contributed by atoms with Gasteiger partial charge in [-0.15, -0.1) is 0 Å². The van der Waals surface area contributed by atoms with Crippen LogP contribution in [0.3, 0.4) is 0 Å². The lowest BCUT2D eigenvalue weighted by molar-refractivity contribution is 0.0455. The SMILES string of the molecule is O=C1NS(=O)(=O)[C@@H]2CCCC2C/C=C/[C@H](O)[C@@H]2CC[C@H]2CN2C[C@@]3(CCCc4cc(Cl)ccc43)COc3ccc1cc32. The van der Waals surface area contributed by atoms with E-state index in [1.807, 2.05) is 24.3 Å². The number of hydrogen-bond acceptors (Lipinski definition) is 6. The number of hydrogen-bond donors (Lipinski definition) is 2. The number of sulfonamides is 1. The maximum absolute atomic E-state index is 13.4. The number of aryl methyl sites for hydroxylation is 1. The molecule has 0 aromatic heterocycles. The summed E-state index contributed by atoms with van der Waals surface area (Å²) in [7, 11) is -3.86. The molecule has 2 fully saturated rings. The summed E-state index contributed by atoms with van der Waals surface area (Å²) in [6.07, 6.45) is 11.0. The van der Waals surface area contributed by atoms with E-state index >= 15 is 0 Å². The largest absolute Gasteiger partial charge is 0.490 e. The standard InChI is InChI=1S/C33H39ClN2O5S/c34-25-11-13-27-22(16-25)6-3-15-33(27)19-36-18-24-9-12-26(24)29(37)7-1-4-21-5-2-8-31(21)42(39,40)35-32(38)23-10-14-30(41-20-33)28(36)17-23/h1,7,10-11,13-14,16-17,21,24,26,29,31,37H,2-6,8-9,12,15,18-20H2,(H,35,38)/b7-1+/t21?,24-,26+,29-,31+,33-/m0/s1. The zero-order chi connectivity index (χ0) is 29.1. The molecule has 3 aliphatic carbocycles. The molecule has 7 rings (SSSR count). The van der Waals surface area contributed by atoms with E-state index in [4.69, 9.17) is 16.3 Å². The second kappa shape index (κ2) is 10.9.